The molecule has 0 bridgehead atoms. The second-order valence-corrected chi connectivity index (χ2v) is 2.95. The zero-order chi connectivity index (χ0) is 9.68. The average molecular weight is 189 g/mol. The Bertz CT molecular complexity index is 174. The molecule has 1 fully saturated rings. The van der Waals surface area contributed by atoms with Gasteiger partial charge in [0, 0.05) is 20.2 Å². The summed E-state index contributed by atoms with van der Waals surface area (Å²) in [7, 11) is 1.49. The van der Waals surface area contributed by atoms with E-state index < -0.39 is 0 Å². The van der Waals surface area contributed by atoms with E-state index in [4.69, 9.17) is 14.6 Å². The molecule has 1 saturated heterocycles. The summed E-state index contributed by atoms with van der Waals surface area (Å²) in [4.78, 5) is 13.0. The Balaban J connectivity index is 2.37. The van der Waals surface area contributed by atoms with Gasteiger partial charge in [0.2, 0.25) is 5.91 Å². The van der Waals surface area contributed by atoms with Crippen molar-refractivity contribution < 1.29 is 19.4 Å². The fourth-order valence-electron chi connectivity index (χ4n) is 1.27. The SMILES string of the molecule is COCC(=O)N1CCOC(CO)C1. The topological polar surface area (TPSA) is 59.0 Å². The van der Waals surface area contributed by atoms with E-state index in [9.17, 15) is 4.79 Å². The highest BCUT2D eigenvalue weighted by atomic mass is 16.5. The lowest BCUT2D eigenvalue weighted by Crippen LogP contribution is -2.48. The smallest absolute Gasteiger partial charge is 0.248 e. The molecule has 0 aliphatic carbocycles. The molecule has 0 aromatic rings. The Labute approximate surface area is 77.2 Å². The fourth-order valence-corrected chi connectivity index (χ4v) is 1.27. The number of amides is 1. The Hall–Kier alpha value is -0.650. The summed E-state index contributed by atoms with van der Waals surface area (Å²) in [5, 5.41) is 8.83. The maximum atomic E-state index is 11.3. The first-order valence-corrected chi connectivity index (χ1v) is 4.27. The largest absolute Gasteiger partial charge is 0.394 e. The normalized spacial score (nSPS) is 23.2. The van der Waals surface area contributed by atoms with E-state index in [1.54, 1.807) is 4.90 Å². The van der Waals surface area contributed by atoms with Crippen molar-refractivity contribution in [1.82, 2.24) is 4.90 Å². The average Bonchev–Trinajstić information content (AvgIpc) is 2.18. The van der Waals surface area contributed by atoms with Crippen molar-refractivity contribution in [3.63, 3.8) is 0 Å². The molecular weight excluding hydrogens is 174 g/mol. The van der Waals surface area contributed by atoms with Crippen LogP contribution < -0.4 is 0 Å². The van der Waals surface area contributed by atoms with Crippen LogP contribution in [0.5, 0.6) is 0 Å². The second-order valence-electron chi connectivity index (χ2n) is 2.95. The number of morpholine rings is 1. The molecule has 5 heteroatoms. The first-order valence-electron chi connectivity index (χ1n) is 4.27. The summed E-state index contributed by atoms with van der Waals surface area (Å²) in [6.45, 7) is 1.58. The van der Waals surface area contributed by atoms with Crippen LogP contribution in [0.3, 0.4) is 0 Å². The molecule has 1 heterocycles. The van der Waals surface area contributed by atoms with Crippen molar-refractivity contribution in [2.24, 2.45) is 0 Å². The first kappa shape index (κ1) is 10.4. The number of hydrogen-bond acceptors (Lipinski definition) is 4. The first-order chi connectivity index (χ1) is 6.27. The van der Waals surface area contributed by atoms with Gasteiger partial charge in [0.1, 0.15) is 6.61 Å². The van der Waals surface area contributed by atoms with E-state index >= 15 is 0 Å². The molecule has 0 aromatic heterocycles. The fraction of sp³-hybridized carbons (Fsp3) is 0.875. The van der Waals surface area contributed by atoms with Gasteiger partial charge in [0.25, 0.3) is 0 Å². The number of aliphatic hydroxyl groups is 1. The Morgan fingerprint density at radius 2 is 2.54 bits per heavy atom. The maximum absolute atomic E-state index is 11.3. The van der Waals surface area contributed by atoms with E-state index in [0.717, 1.165) is 0 Å². The van der Waals surface area contributed by atoms with Crippen LogP contribution in [-0.4, -0.2) is 62.0 Å². The van der Waals surface area contributed by atoms with Crippen LogP contribution in [0.15, 0.2) is 0 Å². The van der Waals surface area contributed by atoms with Gasteiger partial charge in [-0.25, -0.2) is 0 Å². The molecule has 1 unspecified atom stereocenters. The number of carbonyl (C=O) groups excluding carboxylic acids is 1. The number of methoxy groups -OCH3 is 1. The van der Waals surface area contributed by atoms with Crippen LogP contribution in [0, 0.1) is 0 Å². The number of ether oxygens (including phenoxy) is 2. The Morgan fingerprint density at radius 3 is 3.15 bits per heavy atom. The van der Waals surface area contributed by atoms with Gasteiger partial charge in [-0.1, -0.05) is 0 Å². The van der Waals surface area contributed by atoms with Gasteiger partial charge in [0.15, 0.2) is 0 Å². The standard InChI is InChI=1S/C8H15NO4/c1-12-6-8(11)9-2-3-13-7(4-9)5-10/h7,10H,2-6H2,1H3. The van der Waals surface area contributed by atoms with Gasteiger partial charge >= 0.3 is 0 Å². The molecule has 0 saturated carbocycles. The highest BCUT2D eigenvalue weighted by molar-refractivity contribution is 5.77. The molecule has 1 rings (SSSR count). The van der Waals surface area contributed by atoms with Crippen molar-refractivity contribution in [3.05, 3.63) is 0 Å². The van der Waals surface area contributed by atoms with E-state index in [0.29, 0.717) is 19.7 Å². The van der Waals surface area contributed by atoms with Gasteiger partial charge in [0.05, 0.1) is 19.3 Å². The lowest BCUT2D eigenvalue weighted by Gasteiger charge is -2.31. The number of carbonyl (C=O) groups is 1. The Morgan fingerprint density at radius 1 is 1.77 bits per heavy atom. The van der Waals surface area contributed by atoms with Crippen LogP contribution in [0.25, 0.3) is 0 Å². The van der Waals surface area contributed by atoms with Crippen LogP contribution in [0.4, 0.5) is 0 Å². The quantitative estimate of drug-likeness (QED) is 0.609. The third-order valence-electron chi connectivity index (χ3n) is 1.96. The molecule has 0 radical (unpaired) electrons. The van der Waals surface area contributed by atoms with Crippen LogP contribution in [0.2, 0.25) is 0 Å². The molecular formula is C8H15NO4. The Kier molecular flexibility index (Phi) is 4.14. The summed E-state index contributed by atoms with van der Waals surface area (Å²) < 4.78 is 9.93. The molecule has 13 heavy (non-hydrogen) atoms. The number of hydrogen-bond donors (Lipinski definition) is 1. The number of aliphatic hydroxyl groups excluding tert-OH is 1. The molecule has 1 atom stereocenters. The molecule has 1 N–H and O–H groups in total. The molecule has 0 spiro atoms. The number of rotatable bonds is 3. The van der Waals surface area contributed by atoms with Crippen molar-refractivity contribution in [3.8, 4) is 0 Å². The molecule has 76 valence electrons. The van der Waals surface area contributed by atoms with Gasteiger partial charge in [-0.2, -0.15) is 0 Å². The summed E-state index contributed by atoms with van der Waals surface area (Å²) in [5.74, 6) is -0.0516. The van der Waals surface area contributed by atoms with Gasteiger partial charge in [-0.15, -0.1) is 0 Å². The van der Waals surface area contributed by atoms with Crippen molar-refractivity contribution >= 4 is 5.91 Å². The lowest BCUT2D eigenvalue weighted by atomic mass is 10.3. The summed E-state index contributed by atoms with van der Waals surface area (Å²) in [5.41, 5.74) is 0. The third kappa shape index (κ3) is 2.95. The zero-order valence-electron chi connectivity index (χ0n) is 7.73. The molecule has 1 aliphatic rings. The van der Waals surface area contributed by atoms with Gasteiger partial charge in [-0.3, -0.25) is 4.79 Å². The maximum Gasteiger partial charge on any atom is 0.248 e. The van der Waals surface area contributed by atoms with E-state index in [1.165, 1.54) is 7.11 Å². The highest BCUT2D eigenvalue weighted by Crippen LogP contribution is 2.04. The van der Waals surface area contributed by atoms with Crippen LogP contribution >= 0.6 is 0 Å². The van der Waals surface area contributed by atoms with Crippen molar-refractivity contribution in [1.29, 1.82) is 0 Å². The zero-order valence-corrected chi connectivity index (χ0v) is 7.73. The predicted octanol–water partition coefficient (Wildman–Crippen LogP) is -1.15. The monoisotopic (exact) mass is 189 g/mol. The van der Waals surface area contributed by atoms with Crippen molar-refractivity contribution in [2.45, 2.75) is 6.10 Å². The second kappa shape index (κ2) is 5.16. The van der Waals surface area contributed by atoms with Crippen LogP contribution in [-0.2, 0) is 14.3 Å². The minimum Gasteiger partial charge on any atom is -0.394 e. The minimum absolute atomic E-state index is 0.0449. The third-order valence-corrected chi connectivity index (χ3v) is 1.96. The van der Waals surface area contributed by atoms with Gasteiger partial charge in [-0.05, 0) is 0 Å². The van der Waals surface area contributed by atoms with Crippen LogP contribution in [0.1, 0.15) is 0 Å². The number of nitrogens with zero attached hydrogens (tertiary/aromatic N) is 1. The summed E-state index contributed by atoms with van der Waals surface area (Å²) in [6.07, 6.45) is -0.241. The lowest BCUT2D eigenvalue weighted by molar-refractivity contribution is -0.144. The molecule has 5 nitrogen and oxygen atoms in total. The predicted molar refractivity (Wildman–Crippen MR) is 45.3 cm³/mol. The van der Waals surface area contributed by atoms with E-state index in [2.05, 4.69) is 0 Å². The van der Waals surface area contributed by atoms with E-state index in [-0.39, 0.29) is 25.2 Å². The van der Waals surface area contributed by atoms with Gasteiger partial charge < -0.3 is 19.5 Å². The van der Waals surface area contributed by atoms with Crippen molar-refractivity contribution in [2.75, 3.05) is 40.0 Å². The minimum atomic E-state index is -0.241. The molecule has 1 amide bonds. The molecule has 1 aliphatic heterocycles. The highest BCUT2D eigenvalue weighted by Gasteiger charge is 2.22. The summed E-state index contributed by atoms with van der Waals surface area (Å²) >= 11 is 0. The molecule has 0 aromatic carbocycles. The summed E-state index contributed by atoms with van der Waals surface area (Å²) in [6, 6.07) is 0. The van der Waals surface area contributed by atoms with E-state index in [1.807, 2.05) is 0 Å².